The maximum absolute atomic E-state index is 12.1. The summed E-state index contributed by atoms with van der Waals surface area (Å²) >= 11 is 0. The summed E-state index contributed by atoms with van der Waals surface area (Å²) in [6.45, 7) is 2.77. The normalized spacial score (nSPS) is 18.2. The van der Waals surface area contributed by atoms with E-state index in [1.54, 1.807) is 11.9 Å². The van der Waals surface area contributed by atoms with E-state index < -0.39 is 5.92 Å². The molecule has 1 amide bonds. The van der Waals surface area contributed by atoms with Crippen LogP contribution in [0.5, 0.6) is 0 Å². The first kappa shape index (κ1) is 12.8. The van der Waals surface area contributed by atoms with Gasteiger partial charge in [0.25, 0.3) is 0 Å². The van der Waals surface area contributed by atoms with Crippen molar-refractivity contribution in [1.29, 1.82) is 0 Å². The molecule has 1 atom stereocenters. The van der Waals surface area contributed by atoms with Crippen LogP contribution in [-0.2, 0) is 4.79 Å². The minimum absolute atomic E-state index is 0.0227. The molecule has 1 fully saturated rings. The molecule has 0 aromatic carbocycles. The van der Waals surface area contributed by atoms with Gasteiger partial charge < -0.3 is 15.8 Å². The Hall–Kier alpha value is -1.26. The molecular formula is C11H21N3O2. The van der Waals surface area contributed by atoms with E-state index in [-0.39, 0.29) is 11.7 Å². The van der Waals surface area contributed by atoms with Crippen LogP contribution in [-0.4, -0.2) is 35.4 Å². The molecule has 0 radical (unpaired) electrons. The van der Waals surface area contributed by atoms with Crippen molar-refractivity contribution in [2.75, 3.05) is 13.6 Å². The standard InChI is InChI=1S/C11H21N3O2/c1-3-4-9(10(12)13-16)11(15)14(2)7-8-5-6-8/h8-9,16H,3-7H2,1-2H3,(H2,12,13). The second-order valence-electron chi connectivity index (χ2n) is 4.53. The van der Waals surface area contributed by atoms with E-state index in [1.165, 1.54) is 12.8 Å². The number of amidine groups is 1. The van der Waals surface area contributed by atoms with Gasteiger partial charge in [-0.3, -0.25) is 4.79 Å². The van der Waals surface area contributed by atoms with Gasteiger partial charge >= 0.3 is 0 Å². The van der Waals surface area contributed by atoms with Crippen molar-refractivity contribution in [3.63, 3.8) is 0 Å². The predicted molar refractivity (Wildman–Crippen MR) is 62.2 cm³/mol. The van der Waals surface area contributed by atoms with E-state index in [0.29, 0.717) is 12.3 Å². The second-order valence-corrected chi connectivity index (χ2v) is 4.53. The highest BCUT2D eigenvalue weighted by Gasteiger charge is 2.29. The van der Waals surface area contributed by atoms with Crippen molar-refractivity contribution in [3.05, 3.63) is 0 Å². The number of amides is 1. The zero-order valence-corrected chi connectivity index (χ0v) is 10.0. The summed E-state index contributed by atoms with van der Waals surface area (Å²) in [6, 6.07) is 0. The third-order valence-corrected chi connectivity index (χ3v) is 2.95. The number of hydrogen-bond donors (Lipinski definition) is 2. The largest absolute Gasteiger partial charge is 0.409 e. The minimum Gasteiger partial charge on any atom is -0.409 e. The molecular weight excluding hydrogens is 206 g/mol. The molecule has 1 unspecified atom stereocenters. The fourth-order valence-electron chi connectivity index (χ4n) is 1.80. The van der Waals surface area contributed by atoms with Gasteiger partial charge in [0.1, 0.15) is 0 Å². The third kappa shape index (κ3) is 3.40. The molecule has 92 valence electrons. The number of nitrogens with zero attached hydrogens (tertiary/aromatic N) is 2. The molecule has 0 aromatic heterocycles. The predicted octanol–water partition coefficient (Wildman–Crippen LogP) is 1.02. The number of carbonyl (C=O) groups excluding carboxylic acids is 1. The van der Waals surface area contributed by atoms with E-state index in [9.17, 15) is 4.79 Å². The maximum atomic E-state index is 12.1. The van der Waals surface area contributed by atoms with Crippen LogP contribution in [0.25, 0.3) is 0 Å². The lowest BCUT2D eigenvalue weighted by atomic mass is 10.0. The molecule has 1 aliphatic carbocycles. The van der Waals surface area contributed by atoms with Crippen LogP contribution in [0, 0.1) is 11.8 Å². The molecule has 1 saturated carbocycles. The first-order valence-electron chi connectivity index (χ1n) is 5.82. The molecule has 0 aromatic rings. The van der Waals surface area contributed by atoms with Gasteiger partial charge in [0.05, 0.1) is 5.92 Å². The minimum atomic E-state index is -0.473. The third-order valence-electron chi connectivity index (χ3n) is 2.95. The molecule has 0 heterocycles. The Kier molecular flexibility index (Phi) is 4.58. The van der Waals surface area contributed by atoms with Crippen molar-refractivity contribution in [3.8, 4) is 0 Å². The Morgan fingerprint density at radius 3 is 2.69 bits per heavy atom. The summed E-state index contributed by atoms with van der Waals surface area (Å²) < 4.78 is 0. The van der Waals surface area contributed by atoms with Crippen LogP contribution >= 0.6 is 0 Å². The van der Waals surface area contributed by atoms with Crippen LogP contribution in [0.3, 0.4) is 0 Å². The molecule has 16 heavy (non-hydrogen) atoms. The summed E-state index contributed by atoms with van der Waals surface area (Å²) in [5.41, 5.74) is 5.54. The quantitative estimate of drug-likeness (QED) is 0.308. The lowest BCUT2D eigenvalue weighted by Crippen LogP contribution is -2.40. The number of rotatable bonds is 6. The van der Waals surface area contributed by atoms with Crippen LogP contribution in [0.15, 0.2) is 5.16 Å². The number of oxime groups is 1. The van der Waals surface area contributed by atoms with Gasteiger partial charge in [-0.15, -0.1) is 0 Å². The lowest BCUT2D eigenvalue weighted by molar-refractivity contribution is -0.132. The Balaban J connectivity index is 2.57. The first-order valence-corrected chi connectivity index (χ1v) is 5.82. The topological polar surface area (TPSA) is 78.9 Å². The molecule has 0 saturated heterocycles. The van der Waals surface area contributed by atoms with E-state index in [1.807, 2.05) is 6.92 Å². The maximum Gasteiger partial charge on any atom is 0.233 e. The van der Waals surface area contributed by atoms with Gasteiger partial charge in [-0.1, -0.05) is 18.5 Å². The van der Waals surface area contributed by atoms with E-state index in [2.05, 4.69) is 5.16 Å². The van der Waals surface area contributed by atoms with Crippen molar-refractivity contribution >= 4 is 11.7 Å². The second kappa shape index (κ2) is 5.72. The number of nitrogens with two attached hydrogens (primary N) is 1. The highest BCUT2D eigenvalue weighted by Crippen LogP contribution is 2.29. The zero-order chi connectivity index (χ0) is 12.1. The molecule has 0 aliphatic heterocycles. The summed E-state index contributed by atoms with van der Waals surface area (Å²) in [5.74, 6) is 0.167. The Morgan fingerprint density at radius 1 is 1.62 bits per heavy atom. The van der Waals surface area contributed by atoms with Crippen LogP contribution in [0.4, 0.5) is 0 Å². The summed E-state index contributed by atoms with van der Waals surface area (Å²) in [6.07, 6.45) is 3.88. The lowest BCUT2D eigenvalue weighted by Gasteiger charge is -2.22. The molecule has 0 spiro atoms. The van der Waals surface area contributed by atoms with Gasteiger partial charge in [-0.2, -0.15) is 0 Å². The Labute approximate surface area is 96.3 Å². The monoisotopic (exact) mass is 227 g/mol. The van der Waals surface area contributed by atoms with E-state index in [4.69, 9.17) is 10.9 Å². The van der Waals surface area contributed by atoms with Crippen LogP contribution in [0.2, 0.25) is 0 Å². The summed E-state index contributed by atoms with van der Waals surface area (Å²) in [4.78, 5) is 13.8. The fourth-order valence-corrected chi connectivity index (χ4v) is 1.80. The number of carbonyl (C=O) groups is 1. The van der Waals surface area contributed by atoms with Gasteiger partial charge in [0, 0.05) is 13.6 Å². The average Bonchev–Trinajstić information content (AvgIpc) is 3.07. The van der Waals surface area contributed by atoms with Gasteiger partial charge in [0.15, 0.2) is 5.84 Å². The average molecular weight is 227 g/mol. The molecule has 1 rings (SSSR count). The SMILES string of the molecule is CCCC(C(=O)N(C)CC1CC1)C(N)=NO. The summed E-state index contributed by atoms with van der Waals surface area (Å²) in [7, 11) is 1.79. The Morgan fingerprint density at radius 2 is 2.25 bits per heavy atom. The molecule has 3 N–H and O–H groups in total. The molecule has 5 nitrogen and oxygen atoms in total. The van der Waals surface area contributed by atoms with Crippen molar-refractivity contribution in [2.45, 2.75) is 32.6 Å². The van der Waals surface area contributed by atoms with Gasteiger partial charge in [-0.25, -0.2) is 0 Å². The first-order chi connectivity index (χ1) is 7.60. The van der Waals surface area contributed by atoms with Gasteiger partial charge in [0.2, 0.25) is 5.91 Å². The highest BCUT2D eigenvalue weighted by atomic mass is 16.4. The van der Waals surface area contributed by atoms with E-state index >= 15 is 0 Å². The van der Waals surface area contributed by atoms with E-state index in [0.717, 1.165) is 13.0 Å². The molecule has 0 bridgehead atoms. The van der Waals surface area contributed by atoms with Gasteiger partial charge in [-0.05, 0) is 25.2 Å². The molecule has 1 aliphatic rings. The molecule has 5 heteroatoms. The fraction of sp³-hybridized carbons (Fsp3) is 0.818. The van der Waals surface area contributed by atoms with Crippen molar-refractivity contribution in [1.82, 2.24) is 4.90 Å². The van der Waals surface area contributed by atoms with Crippen LogP contribution in [0.1, 0.15) is 32.6 Å². The summed E-state index contributed by atoms with van der Waals surface area (Å²) in [5, 5.41) is 11.6. The number of hydrogen-bond acceptors (Lipinski definition) is 3. The Bertz CT molecular complexity index is 274. The van der Waals surface area contributed by atoms with Crippen molar-refractivity contribution in [2.24, 2.45) is 22.7 Å². The zero-order valence-electron chi connectivity index (χ0n) is 10.0. The van der Waals surface area contributed by atoms with Crippen LogP contribution < -0.4 is 5.73 Å². The highest BCUT2D eigenvalue weighted by molar-refractivity contribution is 6.01. The smallest absolute Gasteiger partial charge is 0.233 e. The van der Waals surface area contributed by atoms with Crippen molar-refractivity contribution < 1.29 is 10.0 Å².